The van der Waals surface area contributed by atoms with Crippen LogP contribution in [-0.4, -0.2) is 25.7 Å². The highest BCUT2D eigenvalue weighted by Crippen LogP contribution is 2.29. The first-order valence-corrected chi connectivity index (χ1v) is 5.88. The van der Waals surface area contributed by atoms with E-state index in [9.17, 15) is 9.90 Å². The van der Waals surface area contributed by atoms with Crippen LogP contribution in [0.5, 0.6) is 0 Å². The number of fused-ring (bicyclic) bond motifs is 1. The maximum atomic E-state index is 11.4. The topological polar surface area (TPSA) is 67.5 Å². The first-order valence-electron chi connectivity index (χ1n) is 5.50. The number of aromatic carboxylic acids is 1. The number of carboxylic acid groups (broad SMARTS) is 1. The summed E-state index contributed by atoms with van der Waals surface area (Å²) in [5.74, 6) is -1.10. The highest BCUT2D eigenvalue weighted by Gasteiger charge is 2.21. The number of hydrogen-bond donors (Lipinski definition) is 1. The molecule has 0 atom stereocenters. The summed E-state index contributed by atoms with van der Waals surface area (Å²) in [6.45, 7) is 0. The first-order chi connectivity index (χ1) is 9.18. The van der Waals surface area contributed by atoms with Crippen LogP contribution in [-0.2, 0) is 0 Å². The lowest BCUT2D eigenvalue weighted by Crippen LogP contribution is -2.05. The molecule has 5 nitrogen and oxygen atoms in total. The number of carbonyl (C=O) groups is 1. The zero-order valence-electron chi connectivity index (χ0n) is 9.62. The van der Waals surface area contributed by atoms with Crippen molar-refractivity contribution in [3.05, 3.63) is 53.3 Å². The molecule has 0 saturated carbocycles. The van der Waals surface area contributed by atoms with Gasteiger partial charge in [0.2, 0.25) is 0 Å². The normalized spacial score (nSPS) is 10.8. The first kappa shape index (κ1) is 11.7. The van der Waals surface area contributed by atoms with E-state index in [-0.39, 0.29) is 5.69 Å². The second-order valence-electron chi connectivity index (χ2n) is 3.89. The van der Waals surface area contributed by atoms with Gasteiger partial charge in [-0.05, 0) is 18.2 Å². The van der Waals surface area contributed by atoms with Crippen molar-refractivity contribution in [2.24, 2.45) is 0 Å². The van der Waals surface area contributed by atoms with Crippen LogP contribution in [0.4, 0.5) is 0 Å². The van der Waals surface area contributed by atoms with Gasteiger partial charge in [0.25, 0.3) is 0 Å². The summed E-state index contributed by atoms with van der Waals surface area (Å²) in [5.41, 5.74) is 1.36. The van der Waals surface area contributed by atoms with Gasteiger partial charge in [0.05, 0.1) is 5.02 Å². The van der Waals surface area contributed by atoms with Crippen molar-refractivity contribution in [3.8, 4) is 11.3 Å². The molecule has 2 aromatic heterocycles. The van der Waals surface area contributed by atoms with Crippen molar-refractivity contribution in [3.63, 3.8) is 0 Å². The van der Waals surface area contributed by atoms with Crippen LogP contribution in [0.1, 0.15) is 10.5 Å². The van der Waals surface area contributed by atoms with Gasteiger partial charge in [0.15, 0.2) is 11.3 Å². The monoisotopic (exact) mass is 273 g/mol. The Morgan fingerprint density at radius 1 is 1.21 bits per heavy atom. The lowest BCUT2D eigenvalue weighted by atomic mass is 10.1. The molecular formula is C13H8ClN3O2. The Bertz CT molecular complexity index is 782. The quantitative estimate of drug-likeness (QED) is 0.779. The molecule has 0 spiro atoms. The highest BCUT2D eigenvalue weighted by molar-refractivity contribution is 6.33. The van der Waals surface area contributed by atoms with Gasteiger partial charge in [0.1, 0.15) is 5.69 Å². The Hall–Kier alpha value is -2.40. The molecule has 1 aromatic carbocycles. The van der Waals surface area contributed by atoms with Gasteiger partial charge in [-0.1, -0.05) is 29.8 Å². The zero-order valence-corrected chi connectivity index (χ0v) is 10.4. The summed E-state index contributed by atoms with van der Waals surface area (Å²) in [5, 5.41) is 13.8. The minimum Gasteiger partial charge on any atom is -0.476 e. The van der Waals surface area contributed by atoms with Gasteiger partial charge in [0, 0.05) is 11.8 Å². The third-order valence-electron chi connectivity index (χ3n) is 2.72. The second-order valence-corrected chi connectivity index (χ2v) is 4.29. The predicted octanol–water partition coefficient (Wildman–Crippen LogP) is 2.75. The fourth-order valence-electron chi connectivity index (χ4n) is 1.92. The van der Waals surface area contributed by atoms with Crippen LogP contribution in [0.3, 0.4) is 0 Å². The maximum Gasteiger partial charge on any atom is 0.356 e. The standard InChI is InChI=1S/C13H8ClN3O2/c14-9-5-2-1-4-8(9)11-12(13(18)19)17-10(16-11)6-3-7-15-17/h1-7H,(H,18,19). The molecule has 0 amide bonds. The summed E-state index contributed by atoms with van der Waals surface area (Å²) < 4.78 is 1.29. The number of rotatable bonds is 2. The summed E-state index contributed by atoms with van der Waals surface area (Å²) in [6, 6.07) is 10.4. The molecule has 0 unspecified atom stereocenters. The molecule has 0 aliphatic rings. The van der Waals surface area contributed by atoms with Gasteiger partial charge < -0.3 is 5.11 Å². The number of benzene rings is 1. The van der Waals surface area contributed by atoms with Gasteiger partial charge in [-0.2, -0.15) is 5.10 Å². The third kappa shape index (κ3) is 1.84. The SMILES string of the molecule is O=C(O)c1c(-c2ccccc2Cl)nc2cccnn12. The molecule has 0 radical (unpaired) electrons. The van der Waals surface area contributed by atoms with Crippen LogP contribution in [0.15, 0.2) is 42.6 Å². The van der Waals surface area contributed by atoms with Crippen LogP contribution >= 0.6 is 11.6 Å². The largest absolute Gasteiger partial charge is 0.476 e. The Balaban J connectivity index is 2.38. The van der Waals surface area contributed by atoms with Crippen LogP contribution in [0.2, 0.25) is 5.02 Å². The van der Waals surface area contributed by atoms with E-state index in [0.29, 0.717) is 21.9 Å². The van der Waals surface area contributed by atoms with Crippen molar-refractivity contribution >= 4 is 23.2 Å². The molecule has 0 aliphatic heterocycles. The van der Waals surface area contributed by atoms with E-state index in [1.807, 2.05) is 0 Å². The minimum absolute atomic E-state index is 0.00343. The number of nitrogens with zero attached hydrogens (tertiary/aromatic N) is 3. The third-order valence-corrected chi connectivity index (χ3v) is 3.05. The average Bonchev–Trinajstić information content (AvgIpc) is 2.78. The van der Waals surface area contributed by atoms with Gasteiger partial charge >= 0.3 is 5.97 Å². The molecule has 1 N–H and O–H groups in total. The molecule has 0 aliphatic carbocycles. The van der Waals surface area contributed by atoms with E-state index in [1.54, 1.807) is 36.4 Å². The van der Waals surface area contributed by atoms with Gasteiger partial charge in [-0.3, -0.25) is 0 Å². The molecule has 3 rings (SSSR count). The van der Waals surface area contributed by atoms with E-state index in [0.717, 1.165) is 0 Å². The molecule has 19 heavy (non-hydrogen) atoms. The van der Waals surface area contributed by atoms with Crippen molar-refractivity contribution in [2.45, 2.75) is 0 Å². The van der Waals surface area contributed by atoms with Gasteiger partial charge in [-0.25, -0.2) is 14.3 Å². The molecule has 94 valence electrons. The minimum atomic E-state index is -1.10. The van der Waals surface area contributed by atoms with Crippen molar-refractivity contribution in [2.75, 3.05) is 0 Å². The van der Waals surface area contributed by atoms with Crippen LogP contribution in [0.25, 0.3) is 16.9 Å². The van der Waals surface area contributed by atoms with Crippen molar-refractivity contribution in [1.29, 1.82) is 0 Å². The van der Waals surface area contributed by atoms with Crippen molar-refractivity contribution in [1.82, 2.24) is 14.6 Å². The Morgan fingerprint density at radius 3 is 2.74 bits per heavy atom. The number of halogens is 1. The smallest absolute Gasteiger partial charge is 0.356 e. The van der Waals surface area contributed by atoms with Crippen LogP contribution in [0, 0.1) is 0 Å². The zero-order chi connectivity index (χ0) is 13.4. The van der Waals surface area contributed by atoms with Crippen molar-refractivity contribution < 1.29 is 9.90 Å². The van der Waals surface area contributed by atoms with E-state index in [1.165, 1.54) is 10.7 Å². The van der Waals surface area contributed by atoms with E-state index < -0.39 is 5.97 Å². The Kier molecular flexibility index (Phi) is 2.68. The molecule has 0 fully saturated rings. The summed E-state index contributed by atoms with van der Waals surface area (Å²) in [7, 11) is 0. The second kappa shape index (κ2) is 4.37. The average molecular weight is 274 g/mol. The molecule has 6 heteroatoms. The number of hydrogen-bond acceptors (Lipinski definition) is 3. The summed E-state index contributed by atoms with van der Waals surface area (Å²) >= 11 is 6.10. The molecule has 0 saturated heterocycles. The number of carboxylic acids is 1. The van der Waals surface area contributed by atoms with E-state index in [2.05, 4.69) is 10.1 Å². The fourth-order valence-corrected chi connectivity index (χ4v) is 2.15. The lowest BCUT2D eigenvalue weighted by Gasteiger charge is -2.01. The Morgan fingerprint density at radius 2 is 2.00 bits per heavy atom. The maximum absolute atomic E-state index is 11.4. The molecule has 0 bridgehead atoms. The molecule has 2 heterocycles. The molecule has 3 aromatic rings. The highest BCUT2D eigenvalue weighted by atomic mass is 35.5. The van der Waals surface area contributed by atoms with Gasteiger partial charge in [-0.15, -0.1) is 0 Å². The fraction of sp³-hybridized carbons (Fsp3) is 0. The van der Waals surface area contributed by atoms with Crippen LogP contribution < -0.4 is 0 Å². The Labute approximate surface area is 113 Å². The summed E-state index contributed by atoms with van der Waals surface area (Å²) in [4.78, 5) is 15.7. The lowest BCUT2D eigenvalue weighted by molar-refractivity contribution is 0.0689. The predicted molar refractivity (Wildman–Crippen MR) is 70.4 cm³/mol. The van der Waals surface area contributed by atoms with E-state index >= 15 is 0 Å². The van der Waals surface area contributed by atoms with E-state index in [4.69, 9.17) is 11.6 Å². The molecular weight excluding hydrogens is 266 g/mol. The number of aromatic nitrogens is 3. The summed E-state index contributed by atoms with van der Waals surface area (Å²) in [6.07, 6.45) is 1.51. The number of imidazole rings is 1.